The highest BCUT2D eigenvalue weighted by molar-refractivity contribution is 6.30. The van der Waals surface area contributed by atoms with Gasteiger partial charge in [0.2, 0.25) is 5.91 Å². The summed E-state index contributed by atoms with van der Waals surface area (Å²) in [4.78, 5) is 36.4. The predicted molar refractivity (Wildman–Crippen MR) is 85.4 cm³/mol. The normalized spacial score (nSPS) is 17.1. The van der Waals surface area contributed by atoms with Gasteiger partial charge in [0.25, 0.3) is 5.91 Å². The highest BCUT2D eigenvalue weighted by Crippen LogP contribution is 2.18. The molecule has 1 aliphatic heterocycles. The van der Waals surface area contributed by atoms with E-state index >= 15 is 0 Å². The molecular formula is C16H19ClN2O4. The fraction of sp³-hybridized carbons (Fsp3) is 0.438. The summed E-state index contributed by atoms with van der Waals surface area (Å²) in [7, 11) is 0. The highest BCUT2D eigenvalue weighted by atomic mass is 35.5. The number of carbonyl (C=O) groups excluding carboxylic acids is 2. The van der Waals surface area contributed by atoms with Crippen LogP contribution in [0, 0.1) is 0 Å². The largest absolute Gasteiger partial charge is 0.480 e. The minimum absolute atomic E-state index is 0.171. The summed E-state index contributed by atoms with van der Waals surface area (Å²) in [5, 5.41) is 12.4. The molecular weight excluding hydrogens is 320 g/mol. The number of benzene rings is 1. The van der Waals surface area contributed by atoms with Gasteiger partial charge in [-0.3, -0.25) is 9.59 Å². The topological polar surface area (TPSA) is 86.7 Å². The average molecular weight is 339 g/mol. The highest BCUT2D eigenvalue weighted by Gasteiger charge is 2.33. The van der Waals surface area contributed by atoms with Crippen molar-refractivity contribution in [2.24, 2.45) is 0 Å². The van der Waals surface area contributed by atoms with E-state index in [-0.39, 0.29) is 18.2 Å². The molecule has 6 nitrogen and oxygen atoms in total. The number of hydrogen-bond donors (Lipinski definition) is 2. The van der Waals surface area contributed by atoms with Crippen molar-refractivity contribution in [3.05, 3.63) is 34.9 Å². The Morgan fingerprint density at radius 1 is 1.26 bits per heavy atom. The van der Waals surface area contributed by atoms with Gasteiger partial charge in [-0.25, -0.2) is 4.79 Å². The van der Waals surface area contributed by atoms with E-state index < -0.39 is 12.0 Å². The molecule has 2 amide bonds. The third-order valence-corrected chi connectivity index (χ3v) is 4.07. The van der Waals surface area contributed by atoms with E-state index in [9.17, 15) is 14.4 Å². The van der Waals surface area contributed by atoms with Crippen molar-refractivity contribution in [1.29, 1.82) is 0 Å². The minimum Gasteiger partial charge on any atom is -0.480 e. The Balaban J connectivity index is 1.72. The summed E-state index contributed by atoms with van der Waals surface area (Å²) >= 11 is 5.76. The quantitative estimate of drug-likeness (QED) is 0.776. The lowest BCUT2D eigenvalue weighted by atomic mass is 10.2. The van der Waals surface area contributed by atoms with Crippen LogP contribution in [-0.2, 0) is 9.59 Å². The van der Waals surface area contributed by atoms with E-state index in [0.717, 1.165) is 6.42 Å². The maximum absolute atomic E-state index is 12.0. The molecule has 0 unspecified atom stereocenters. The van der Waals surface area contributed by atoms with Crippen LogP contribution in [0.1, 0.15) is 36.0 Å². The second-order valence-corrected chi connectivity index (χ2v) is 5.89. The van der Waals surface area contributed by atoms with Crippen LogP contribution >= 0.6 is 11.6 Å². The predicted octanol–water partition coefficient (Wildman–Crippen LogP) is 1.93. The SMILES string of the molecule is O=C(NCCCC(=O)N1CCC[C@@H]1C(=O)O)c1ccc(Cl)cc1. The van der Waals surface area contributed by atoms with E-state index in [1.807, 2.05) is 0 Å². The standard InChI is InChI=1S/C16H19ClN2O4/c17-12-7-5-11(6-8-12)15(21)18-9-1-4-14(20)19-10-2-3-13(19)16(22)23/h5-8,13H,1-4,9-10H2,(H,18,21)(H,22,23)/t13-/m1/s1. The Morgan fingerprint density at radius 2 is 1.96 bits per heavy atom. The van der Waals surface area contributed by atoms with Crippen molar-refractivity contribution in [3.63, 3.8) is 0 Å². The monoisotopic (exact) mass is 338 g/mol. The molecule has 0 spiro atoms. The van der Waals surface area contributed by atoms with Gasteiger partial charge in [-0.05, 0) is 43.5 Å². The lowest BCUT2D eigenvalue weighted by molar-refractivity contribution is -0.148. The number of hydrogen-bond acceptors (Lipinski definition) is 3. The first-order chi connectivity index (χ1) is 11.0. The van der Waals surface area contributed by atoms with Gasteiger partial charge >= 0.3 is 5.97 Å². The molecule has 0 radical (unpaired) electrons. The van der Waals surface area contributed by atoms with Gasteiger partial charge < -0.3 is 15.3 Å². The zero-order valence-electron chi connectivity index (χ0n) is 12.6. The first kappa shape index (κ1) is 17.3. The molecule has 1 fully saturated rings. The molecule has 0 saturated carbocycles. The van der Waals surface area contributed by atoms with Crippen LogP contribution in [0.5, 0.6) is 0 Å². The summed E-state index contributed by atoms with van der Waals surface area (Å²) in [6.45, 7) is 0.853. The van der Waals surface area contributed by atoms with Crippen molar-refractivity contribution in [2.45, 2.75) is 31.7 Å². The van der Waals surface area contributed by atoms with Crippen molar-refractivity contribution in [1.82, 2.24) is 10.2 Å². The number of rotatable bonds is 6. The van der Waals surface area contributed by atoms with Crippen LogP contribution < -0.4 is 5.32 Å². The molecule has 1 aliphatic rings. The maximum atomic E-state index is 12.0. The molecule has 1 aromatic rings. The average Bonchev–Trinajstić information content (AvgIpc) is 3.01. The van der Waals surface area contributed by atoms with Crippen molar-refractivity contribution < 1.29 is 19.5 Å². The van der Waals surface area contributed by atoms with E-state index in [0.29, 0.717) is 36.5 Å². The van der Waals surface area contributed by atoms with E-state index in [1.54, 1.807) is 24.3 Å². The van der Waals surface area contributed by atoms with Gasteiger partial charge in [0.1, 0.15) is 6.04 Å². The number of carboxylic acid groups (broad SMARTS) is 1. The molecule has 1 aromatic carbocycles. The molecule has 0 aliphatic carbocycles. The molecule has 1 heterocycles. The Labute approximate surface area is 139 Å². The third kappa shape index (κ3) is 4.69. The molecule has 0 bridgehead atoms. The number of likely N-dealkylation sites (tertiary alicyclic amines) is 1. The first-order valence-corrected chi connectivity index (χ1v) is 7.93. The summed E-state index contributed by atoms with van der Waals surface area (Å²) in [6, 6.07) is 5.83. The minimum atomic E-state index is -0.952. The van der Waals surface area contributed by atoms with Crippen LogP contribution in [-0.4, -0.2) is 46.9 Å². The van der Waals surface area contributed by atoms with Crippen LogP contribution in [0.15, 0.2) is 24.3 Å². The van der Waals surface area contributed by atoms with Crippen molar-refractivity contribution in [2.75, 3.05) is 13.1 Å². The Kier molecular flexibility index (Phi) is 5.98. The molecule has 1 saturated heterocycles. The van der Waals surface area contributed by atoms with Crippen LogP contribution in [0.4, 0.5) is 0 Å². The Bertz CT molecular complexity index is 588. The van der Waals surface area contributed by atoms with Gasteiger partial charge in [-0.1, -0.05) is 11.6 Å². The van der Waals surface area contributed by atoms with Crippen LogP contribution in [0.2, 0.25) is 5.02 Å². The molecule has 124 valence electrons. The summed E-state index contributed by atoms with van der Waals surface area (Å²) in [5.74, 6) is -1.35. The van der Waals surface area contributed by atoms with Gasteiger partial charge in [0, 0.05) is 30.1 Å². The van der Waals surface area contributed by atoms with Crippen LogP contribution in [0.25, 0.3) is 0 Å². The number of aliphatic carboxylic acids is 1. The van der Waals surface area contributed by atoms with Crippen molar-refractivity contribution in [3.8, 4) is 0 Å². The second kappa shape index (κ2) is 7.97. The molecule has 23 heavy (non-hydrogen) atoms. The third-order valence-electron chi connectivity index (χ3n) is 3.82. The van der Waals surface area contributed by atoms with Gasteiger partial charge in [0.15, 0.2) is 0 Å². The van der Waals surface area contributed by atoms with Gasteiger partial charge in [-0.15, -0.1) is 0 Å². The number of carbonyl (C=O) groups is 3. The molecule has 1 atom stereocenters. The van der Waals surface area contributed by atoms with E-state index in [2.05, 4.69) is 5.32 Å². The molecule has 7 heteroatoms. The first-order valence-electron chi connectivity index (χ1n) is 7.55. The Hall–Kier alpha value is -2.08. The molecule has 2 rings (SSSR count). The summed E-state index contributed by atoms with van der Waals surface area (Å²) < 4.78 is 0. The lowest BCUT2D eigenvalue weighted by Gasteiger charge is -2.21. The van der Waals surface area contributed by atoms with Gasteiger partial charge in [0.05, 0.1) is 0 Å². The number of nitrogens with one attached hydrogen (secondary N) is 1. The zero-order valence-corrected chi connectivity index (χ0v) is 13.4. The number of halogens is 1. The smallest absolute Gasteiger partial charge is 0.326 e. The second-order valence-electron chi connectivity index (χ2n) is 5.45. The fourth-order valence-electron chi connectivity index (χ4n) is 2.61. The number of amides is 2. The van der Waals surface area contributed by atoms with Crippen molar-refractivity contribution >= 4 is 29.4 Å². The fourth-order valence-corrected chi connectivity index (χ4v) is 2.74. The number of carboxylic acids is 1. The molecule has 0 aromatic heterocycles. The summed E-state index contributed by atoms with van der Waals surface area (Å²) in [6.07, 6.45) is 1.93. The number of nitrogens with zero attached hydrogens (tertiary/aromatic N) is 1. The van der Waals surface area contributed by atoms with E-state index in [4.69, 9.17) is 16.7 Å². The van der Waals surface area contributed by atoms with E-state index in [1.165, 1.54) is 4.90 Å². The maximum Gasteiger partial charge on any atom is 0.326 e. The van der Waals surface area contributed by atoms with Gasteiger partial charge in [-0.2, -0.15) is 0 Å². The Morgan fingerprint density at radius 3 is 2.61 bits per heavy atom. The lowest BCUT2D eigenvalue weighted by Crippen LogP contribution is -2.40. The molecule has 2 N–H and O–H groups in total. The zero-order chi connectivity index (χ0) is 16.8. The van der Waals surface area contributed by atoms with Crippen LogP contribution in [0.3, 0.4) is 0 Å². The summed E-state index contributed by atoms with van der Waals surface area (Å²) in [5.41, 5.74) is 0.506.